The summed E-state index contributed by atoms with van der Waals surface area (Å²) >= 11 is 0. The zero-order valence-corrected chi connectivity index (χ0v) is 16.5. The van der Waals surface area contributed by atoms with Gasteiger partial charge < -0.3 is 9.47 Å². The number of rotatable bonds is 3. The molecule has 5 rings (SSSR count). The molecule has 2 fully saturated rings. The smallest absolute Gasteiger partial charge is 0.416 e. The predicted molar refractivity (Wildman–Crippen MR) is 103 cm³/mol. The molecule has 3 aliphatic rings. The van der Waals surface area contributed by atoms with E-state index < -0.39 is 18.2 Å². The molecule has 9 heteroatoms. The first-order valence-corrected chi connectivity index (χ1v) is 10.2. The fourth-order valence-corrected chi connectivity index (χ4v) is 4.48. The lowest BCUT2D eigenvalue weighted by Gasteiger charge is -2.41. The van der Waals surface area contributed by atoms with Gasteiger partial charge in [0.2, 0.25) is 0 Å². The highest BCUT2D eigenvalue weighted by Gasteiger charge is 2.51. The monoisotopic (exact) mass is 440 g/mol. The first-order valence-electron chi connectivity index (χ1n) is 10.2. The average molecular weight is 440 g/mol. The molecule has 0 amide bonds. The second-order valence-corrected chi connectivity index (χ2v) is 8.13. The second-order valence-electron chi connectivity index (χ2n) is 8.13. The van der Waals surface area contributed by atoms with Crippen LogP contribution >= 0.6 is 0 Å². The van der Waals surface area contributed by atoms with Crippen LogP contribution in [0.1, 0.15) is 17.2 Å². The molecule has 2 aromatic rings. The van der Waals surface area contributed by atoms with E-state index in [1.54, 1.807) is 11.0 Å². The molecule has 31 heavy (non-hydrogen) atoms. The van der Waals surface area contributed by atoms with Gasteiger partial charge >= 0.3 is 6.18 Å². The van der Waals surface area contributed by atoms with Crippen molar-refractivity contribution in [1.29, 1.82) is 0 Å². The third-order valence-electron chi connectivity index (χ3n) is 6.10. The Kier molecular flexibility index (Phi) is 5.15. The van der Waals surface area contributed by atoms with E-state index in [9.17, 15) is 22.0 Å². The van der Waals surface area contributed by atoms with Crippen LogP contribution in [0.4, 0.5) is 22.0 Å². The van der Waals surface area contributed by atoms with Crippen LogP contribution < -0.4 is 4.74 Å². The summed E-state index contributed by atoms with van der Waals surface area (Å²) in [5.41, 5.74) is 1.63. The maximum absolute atomic E-state index is 12.8. The lowest BCUT2D eigenvalue weighted by Crippen LogP contribution is -2.57. The number of nitrogens with zero attached hydrogens (tertiary/aromatic N) is 2. The fraction of sp³-hybridized carbons (Fsp3) is 0.455. The van der Waals surface area contributed by atoms with Crippen LogP contribution in [0, 0.1) is 0 Å². The Morgan fingerprint density at radius 1 is 1.00 bits per heavy atom. The molecule has 0 N–H and O–H groups in total. The number of piperazine rings is 1. The first-order chi connectivity index (χ1) is 14.8. The fourth-order valence-electron chi connectivity index (χ4n) is 4.48. The average Bonchev–Trinajstić information content (AvgIpc) is 3.50. The molecule has 2 unspecified atom stereocenters. The molecule has 0 saturated carbocycles. The minimum Gasteiger partial charge on any atom is -0.492 e. The summed E-state index contributed by atoms with van der Waals surface area (Å²) in [6.07, 6.45) is -7.07. The van der Waals surface area contributed by atoms with E-state index in [1.165, 1.54) is 12.1 Å². The van der Waals surface area contributed by atoms with Gasteiger partial charge in [0.15, 0.2) is 0 Å². The summed E-state index contributed by atoms with van der Waals surface area (Å²) in [6.45, 7) is 1.78. The van der Waals surface area contributed by atoms with Crippen molar-refractivity contribution in [3.63, 3.8) is 0 Å². The Labute approximate surface area is 176 Å². The SMILES string of the molecule is FC(F)CN1CCN2C3OC3c3cc(-c4ccc(C(F)(F)F)cc4)ccc3OC[C@H]2C1. The molecule has 166 valence electrons. The van der Waals surface area contributed by atoms with Gasteiger partial charge in [0.25, 0.3) is 6.43 Å². The number of hydrogen-bond donors (Lipinski definition) is 0. The van der Waals surface area contributed by atoms with Crippen molar-refractivity contribution >= 4 is 0 Å². The first kappa shape index (κ1) is 20.7. The van der Waals surface area contributed by atoms with Gasteiger partial charge in [-0.1, -0.05) is 18.2 Å². The maximum atomic E-state index is 12.8. The lowest BCUT2D eigenvalue weighted by atomic mass is 9.98. The van der Waals surface area contributed by atoms with Gasteiger partial charge in [-0.25, -0.2) is 8.78 Å². The third kappa shape index (κ3) is 4.14. The second kappa shape index (κ2) is 7.72. The molecule has 3 aliphatic heterocycles. The third-order valence-corrected chi connectivity index (χ3v) is 6.10. The molecule has 2 saturated heterocycles. The zero-order valence-electron chi connectivity index (χ0n) is 16.5. The van der Waals surface area contributed by atoms with Crippen molar-refractivity contribution < 1.29 is 31.4 Å². The van der Waals surface area contributed by atoms with Gasteiger partial charge in [-0.3, -0.25) is 9.80 Å². The topological polar surface area (TPSA) is 28.2 Å². The van der Waals surface area contributed by atoms with Gasteiger partial charge in [0, 0.05) is 25.2 Å². The van der Waals surface area contributed by atoms with E-state index in [0.717, 1.165) is 23.3 Å². The number of fused-ring (bicyclic) bond motifs is 5. The van der Waals surface area contributed by atoms with Gasteiger partial charge in [0.1, 0.15) is 24.7 Å². The van der Waals surface area contributed by atoms with Crippen molar-refractivity contribution in [1.82, 2.24) is 9.80 Å². The summed E-state index contributed by atoms with van der Waals surface area (Å²) in [5, 5.41) is 0. The maximum Gasteiger partial charge on any atom is 0.416 e. The van der Waals surface area contributed by atoms with Crippen LogP contribution in [0.25, 0.3) is 11.1 Å². The zero-order chi connectivity index (χ0) is 21.8. The van der Waals surface area contributed by atoms with Crippen molar-refractivity contribution in [2.45, 2.75) is 31.0 Å². The number of benzene rings is 2. The molecular weight excluding hydrogens is 419 g/mol. The quantitative estimate of drug-likeness (QED) is 0.522. The van der Waals surface area contributed by atoms with E-state index in [-0.39, 0.29) is 24.9 Å². The number of halogens is 5. The highest BCUT2D eigenvalue weighted by molar-refractivity contribution is 5.66. The Morgan fingerprint density at radius 2 is 1.74 bits per heavy atom. The van der Waals surface area contributed by atoms with Gasteiger partial charge in [-0.15, -0.1) is 0 Å². The number of hydrogen-bond acceptors (Lipinski definition) is 4. The summed E-state index contributed by atoms with van der Waals surface area (Å²) < 4.78 is 76.0. The van der Waals surface area contributed by atoms with E-state index in [1.807, 2.05) is 12.1 Å². The molecule has 0 aromatic heterocycles. The molecule has 3 atom stereocenters. The Hall–Kier alpha value is -2.23. The lowest BCUT2D eigenvalue weighted by molar-refractivity contribution is -0.137. The largest absolute Gasteiger partial charge is 0.492 e. The summed E-state index contributed by atoms with van der Waals surface area (Å²) in [5.74, 6) is 0.661. The van der Waals surface area contributed by atoms with E-state index in [4.69, 9.17) is 9.47 Å². The molecule has 2 aromatic carbocycles. The van der Waals surface area contributed by atoms with Crippen LogP contribution in [0.15, 0.2) is 42.5 Å². The van der Waals surface area contributed by atoms with Gasteiger partial charge in [-0.2, -0.15) is 13.2 Å². The molecule has 0 radical (unpaired) electrons. The molecule has 3 heterocycles. The van der Waals surface area contributed by atoms with Gasteiger partial charge in [-0.05, 0) is 35.4 Å². The highest BCUT2D eigenvalue weighted by atomic mass is 19.4. The van der Waals surface area contributed by atoms with Crippen LogP contribution in [-0.2, 0) is 10.9 Å². The van der Waals surface area contributed by atoms with E-state index in [0.29, 0.717) is 37.6 Å². The molecular formula is C22H21F5N2O2. The molecule has 0 spiro atoms. The summed E-state index contributed by atoms with van der Waals surface area (Å²) in [6, 6.07) is 10.5. The van der Waals surface area contributed by atoms with E-state index >= 15 is 0 Å². The standard InChI is InChI=1S/C22H21F5N2O2/c23-19(24)11-28-7-8-29-16(10-28)12-30-18-6-3-14(9-17(18)20-21(29)31-20)13-1-4-15(5-2-13)22(25,26)27/h1-6,9,16,19-21H,7-8,10-12H2/t16-,20?,21?/m1/s1. The van der Waals surface area contributed by atoms with Crippen LogP contribution in [0.5, 0.6) is 5.75 Å². The Morgan fingerprint density at radius 3 is 2.45 bits per heavy atom. The molecule has 0 bridgehead atoms. The van der Waals surface area contributed by atoms with Crippen LogP contribution in [0.3, 0.4) is 0 Å². The van der Waals surface area contributed by atoms with Gasteiger partial charge in [0.05, 0.1) is 18.2 Å². The minimum absolute atomic E-state index is 0.0368. The van der Waals surface area contributed by atoms with Crippen molar-refractivity contribution in [3.05, 3.63) is 53.6 Å². The Bertz CT molecular complexity index is 950. The number of alkyl halides is 5. The summed E-state index contributed by atoms with van der Waals surface area (Å²) in [4.78, 5) is 3.92. The predicted octanol–water partition coefficient (Wildman–Crippen LogP) is 4.41. The van der Waals surface area contributed by atoms with Crippen molar-refractivity contribution in [3.8, 4) is 16.9 Å². The van der Waals surface area contributed by atoms with Crippen LogP contribution in [-0.4, -0.2) is 61.3 Å². The van der Waals surface area contributed by atoms with Crippen LogP contribution in [0.2, 0.25) is 0 Å². The van der Waals surface area contributed by atoms with Crippen molar-refractivity contribution in [2.75, 3.05) is 32.8 Å². The van der Waals surface area contributed by atoms with Crippen molar-refractivity contribution in [2.24, 2.45) is 0 Å². The minimum atomic E-state index is -4.37. The highest BCUT2D eigenvalue weighted by Crippen LogP contribution is 2.48. The normalized spacial score (nSPS) is 26.3. The summed E-state index contributed by atoms with van der Waals surface area (Å²) in [7, 11) is 0. The Balaban J connectivity index is 1.37. The number of ether oxygens (including phenoxy) is 2. The molecule has 4 nitrogen and oxygen atoms in total. The molecule has 0 aliphatic carbocycles. The van der Waals surface area contributed by atoms with E-state index in [2.05, 4.69) is 4.90 Å². The number of epoxide rings is 1.